The van der Waals surface area contributed by atoms with Crippen LogP contribution in [-0.2, 0) is 16.5 Å². The molecule has 1 fully saturated rings. The Balaban J connectivity index is 0.00000220. The number of carbonyl (C=O) groups is 1. The molecular weight excluding hydrogens is 305 g/mol. The molecule has 0 atom stereocenters. The highest BCUT2D eigenvalue weighted by Gasteiger charge is 2.41. The van der Waals surface area contributed by atoms with E-state index in [4.69, 9.17) is 5.73 Å². The zero-order chi connectivity index (χ0) is 14.8. The fourth-order valence-electron chi connectivity index (χ4n) is 2.47. The Morgan fingerprint density at radius 1 is 1.33 bits per heavy atom. The van der Waals surface area contributed by atoms with Gasteiger partial charge in [0.15, 0.2) is 0 Å². The summed E-state index contributed by atoms with van der Waals surface area (Å²) >= 11 is 0. The van der Waals surface area contributed by atoms with Gasteiger partial charge in [-0.2, -0.15) is 13.2 Å². The van der Waals surface area contributed by atoms with E-state index in [0.29, 0.717) is 18.4 Å². The minimum Gasteiger partial charge on any atom is -0.347 e. The van der Waals surface area contributed by atoms with Gasteiger partial charge in [0.05, 0.1) is 11.1 Å². The molecule has 2 rings (SSSR count). The summed E-state index contributed by atoms with van der Waals surface area (Å²) in [5.41, 5.74) is 4.49. The molecule has 1 saturated carbocycles. The van der Waals surface area contributed by atoms with Crippen LogP contribution in [0.25, 0.3) is 0 Å². The average Bonchev–Trinajstić information content (AvgIpc) is 2.33. The lowest BCUT2D eigenvalue weighted by Gasteiger charge is -2.43. The maximum absolute atomic E-state index is 12.8. The molecule has 1 aromatic carbocycles. The first kappa shape index (κ1) is 17.8. The van der Waals surface area contributed by atoms with Gasteiger partial charge in [0.1, 0.15) is 0 Å². The van der Waals surface area contributed by atoms with E-state index in [9.17, 15) is 18.0 Å². The summed E-state index contributed by atoms with van der Waals surface area (Å²) < 4.78 is 38.3. The van der Waals surface area contributed by atoms with Crippen LogP contribution in [0.5, 0.6) is 0 Å². The maximum Gasteiger partial charge on any atom is 0.416 e. The third-order valence-corrected chi connectivity index (χ3v) is 3.70. The number of nitrogens with two attached hydrogens (primary N) is 1. The molecule has 0 aromatic heterocycles. The molecule has 1 aliphatic carbocycles. The minimum atomic E-state index is -4.37. The standard InChI is InChI=1S/C14H17F3N2O.ClH/c15-14(16,17)11-4-1-3-10(9-11)13(6-2-7-13)19-12(20)5-8-18;/h1,3-4,9H,2,5-8,18H2,(H,19,20);1H. The molecule has 0 heterocycles. The highest BCUT2D eigenvalue weighted by molar-refractivity contribution is 5.85. The molecule has 118 valence electrons. The molecule has 21 heavy (non-hydrogen) atoms. The number of amides is 1. The quantitative estimate of drug-likeness (QED) is 0.895. The zero-order valence-electron chi connectivity index (χ0n) is 11.4. The van der Waals surface area contributed by atoms with Gasteiger partial charge in [-0.25, -0.2) is 0 Å². The summed E-state index contributed by atoms with van der Waals surface area (Å²) in [4.78, 5) is 11.7. The van der Waals surface area contributed by atoms with E-state index in [0.717, 1.165) is 18.6 Å². The second-order valence-corrected chi connectivity index (χ2v) is 5.10. The summed E-state index contributed by atoms with van der Waals surface area (Å²) in [5.74, 6) is -0.218. The van der Waals surface area contributed by atoms with Gasteiger partial charge in [-0.15, -0.1) is 12.4 Å². The normalized spacial score (nSPS) is 16.6. The van der Waals surface area contributed by atoms with Crippen LogP contribution in [0.15, 0.2) is 24.3 Å². The second kappa shape index (κ2) is 6.66. The summed E-state index contributed by atoms with van der Waals surface area (Å²) in [6.45, 7) is 0.227. The molecule has 1 aromatic rings. The number of rotatable bonds is 4. The fourth-order valence-corrected chi connectivity index (χ4v) is 2.47. The Kier molecular flexibility index (Phi) is 5.64. The Hall–Kier alpha value is -1.27. The lowest BCUT2D eigenvalue weighted by Crippen LogP contribution is -2.51. The largest absolute Gasteiger partial charge is 0.416 e. The van der Waals surface area contributed by atoms with Crippen LogP contribution in [0.1, 0.15) is 36.8 Å². The van der Waals surface area contributed by atoms with Crippen molar-refractivity contribution in [3.63, 3.8) is 0 Å². The van der Waals surface area contributed by atoms with E-state index in [-0.39, 0.29) is 31.3 Å². The van der Waals surface area contributed by atoms with Crippen LogP contribution in [-0.4, -0.2) is 12.5 Å². The van der Waals surface area contributed by atoms with E-state index < -0.39 is 17.3 Å². The maximum atomic E-state index is 12.8. The van der Waals surface area contributed by atoms with Gasteiger partial charge in [-0.05, 0) is 37.0 Å². The molecule has 3 nitrogen and oxygen atoms in total. The third kappa shape index (κ3) is 3.89. The molecule has 7 heteroatoms. The van der Waals surface area contributed by atoms with Crippen molar-refractivity contribution < 1.29 is 18.0 Å². The Bertz CT molecular complexity index is 501. The predicted molar refractivity (Wildman–Crippen MR) is 76.0 cm³/mol. The summed E-state index contributed by atoms with van der Waals surface area (Å²) in [6, 6.07) is 5.18. The van der Waals surface area contributed by atoms with Crippen molar-refractivity contribution in [3.05, 3.63) is 35.4 Å². The SMILES string of the molecule is Cl.NCCC(=O)NC1(c2cccc(C(F)(F)F)c2)CCC1. The molecular formula is C14H18ClF3N2O. The highest BCUT2D eigenvalue weighted by Crippen LogP contribution is 2.42. The smallest absolute Gasteiger partial charge is 0.347 e. The summed E-state index contributed by atoms with van der Waals surface area (Å²) in [6.07, 6.45) is -1.99. The Morgan fingerprint density at radius 3 is 2.48 bits per heavy atom. The first-order chi connectivity index (χ1) is 9.37. The number of benzene rings is 1. The van der Waals surface area contributed by atoms with E-state index in [2.05, 4.69) is 5.32 Å². The molecule has 0 bridgehead atoms. The van der Waals surface area contributed by atoms with Crippen LogP contribution in [0.3, 0.4) is 0 Å². The molecule has 0 unspecified atom stereocenters. The summed E-state index contributed by atoms with van der Waals surface area (Å²) in [7, 11) is 0. The molecule has 1 amide bonds. The van der Waals surface area contributed by atoms with E-state index in [1.54, 1.807) is 6.07 Å². The van der Waals surface area contributed by atoms with Gasteiger partial charge in [-0.1, -0.05) is 12.1 Å². The Labute approximate surface area is 127 Å². The van der Waals surface area contributed by atoms with E-state index in [1.807, 2.05) is 0 Å². The topological polar surface area (TPSA) is 55.1 Å². The highest BCUT2D eigenvalue weighted by atomic mass is 35.5. The minimum absolute atomic E-state index is 0. The molecule has 0 saturated heterocycles. The van der Waals surface area contributed by atoms with Gasteiger partial charge in [0, 0.05) is 13.0 Å². The van der Waals surface area contributed by atoms with Crippen molar-refractivity contribution in [2.45, 2.75) is 37.4 Å². The molecule has 1 aliphatic rings. The average molecular weight is 323 g/mol. The first-order valence-corrected chi connectivity index (χ1v) is 6.56. The monoisotopic (exact) mass is 322 g/mol. The zero-order valence-corrected chi connectivity index (χ0v) is 12.2. The van der Waals surface area contributed by atoms with Gasteiger partial charge in [0.25, 0.3) is 0 Å². The lowest BCUT2D eigenvalue weighted by atomic mass is 9.71. The van der Waals surface area contributed by atoms with Crippen molar-refractivity contribution >= 4 is 18.3 Å². The third-order valence-electron chi connectivity index (χ3n) is 3.70. The number of carbonyl (C=O) groups excluding carboxylic acids is 1. The predicted octanol–water partition coefficient (Wildman–Crippen LogP) is 2.97. The van der Waals surface area contributed by atoms with Crippen molar-refractivity contribution in [3.8, 4) is 0 Å². The van der Waals surface area contributed by atoms with Gasteiger partial charge in [-0.3, -0.25) is 4.79 Å². The molecule has 0 radical (unpaired) electrons. The second-order valence-electron chi connectivity index (χ2n) is 5.10. The van der Waals surface area contributed by atoms with Crippen molar-refractivity contribution in [1.82, 2.24) is 5.32 Å². The molecule has 0 aliphatic heterocycles. The van der Waals surface area contributed by atoms with E-state index in [1.165, 1.54) is 6.07 Å². The van der Waals surface area contributed by atoms with Crippen LogP contribution >= 0.6 is 12.4 Å². The lowest BCUT2D eigenvalue weighted by molar-refractivity contribution is -0.137. The van der Waals surface area contributed by atoms with Crippen molar-refractivity contribution in [2.75, 3.05) is 6.54 Å². The first-order valence-electron chi connectivity index (χ1n) is 6.56. The van der Waals surface area contributed by atoms with Crippen LogP contribution in [0.4, 0.5) is 13.2 Å². The summed E-state index contributed by atoms with van der Waals surface area (Å²) in [5, 5.41) is 2.84. The van der Waals surface area contributed by atoms with Crippen LogP contribution < -0.4 is 11.1 Å². The fraction of sp³-hybridized carbons (Fsp3) is 0.500. The number of hydrogen-bond donors (Lipinski definition) is 2. The number of halogens is 4. The van der Waals surface area contributed by atoms with Crippen LogP contribution in [0.2, 0.25) is 0 Å². The number of nitrogens with one attached hydrogen (secondary N) is 1. The number of alkyl halides is 3. The molecule has 3 N–H and O–H groups in total. The molecule has 0 spiro atoms. The van der Waals surface area contributed by atoms with Crippen molar-refractivity contribution in [2.24, 2.45) is 5.73 Å². The van der Waals surface area contributed by atoms with Gasteiger partial charge in [0.2, 0.25) is 5.91 Å². The van der Waals surface area contributed by atoms with Gasteiger partial charge < -0.3 is 11.1 Å². The van der Waals surface area contributed by atoms with E-state index >= 15 is 0 Å². The van der Waals surface area contributed by atoms with Crippen molar-refractivity contribution in [1.29, 1.82) is 0 Å². The van der Waals surface area contributed by atoms with Crippen LogP contribution in [0, 0.1) is 0 Å². The van der Waals surface area contributed by atoms with Gasteiger partial charge >= 0.3 is 6.18 Å². The number of hydrogen-bond acceptors (Lipinski definition) is 2. The Morgan fingerprint density at radius 2 is 2.00 bits per heavy atom.